The maximum atomic E-state index is 11.9. The van der Waals surface area contributed by atoms with Crippen molar-refractivity contribution in [1.82, 2.24) is 5.32 Å². The predicted octanol–water partition coefficient (Wildman–Crippen LogP) is 1.65. The van der Waals surface area contributed by atoms with Crippen molar-refractivity contribution in [1.29, 1.82) is 0 Å². The van der Waals surface area contributed by atoms with Crippen molar-refractivity contribution < 1.29 is 13.5 Å². The minimum Gasteiger partial charge on any atom is -0.508 e. The van der Waals surface area contributed by atoms with Crippen molar-refractivity contribution in [3.05, 3.63) is 23.3 Å². The molecule has 0 bridgehead atoms. The summed E-state index contributed by atoms with van der Waals surface area (Å²) in [5, 5.41) is 13.1. The quantitative estimate of drug-likeness (QED) is 0.885. The summed E-state index contributed by atoms with van der Waals surface area (Å²) in [6, 6.07) is 3.20. The monoisotopic (exact) mass is 283 g/mol. The smallest absolute Gasteiger partial charge is 0.175 e. The number of aromatic hydroxyl groups is 1. The van der Waals surface area contributed by atoms with E-state index in [4.69, 9.17) is 0 Å². The lowest BCUT2D eigenvalue weighted by Gasteiger charge is -2.23. The van der Waals surface area contributed by atoms with E-state index in [2.05, 4.69) is 5.32 Å². The Kier molecular flexibility index (Phi) is 4.16. The molecule has 1 fully saturated rings. The molecule has 0 amide bonds. The van der Waals surface area contributed by atoms with Crippen LogP contribution in [0.15, 0.2) is 17.0 Å². The molecule has 1 aliphatic rings. The van der Waals surface area contributed by atoms with Crippen LogP contribution in [0, 0.1) is 12.8 Å². The molecular weight excluding hydrogens is 262 g/mol. The number of rotatable bonds is 3. The van der Waals surface area contributed by atoms with Gasteiger partial charge in [0.25, 0.3) is 0 Å². The summed E-state index contributed by atoms with van der Waals surface area (Å²) in [4.78, 5) is 0.362. The molecule has 106 valence electrons. The van der Waals surface area contributed by atoms with E-state index in [1.165, 1.54) is 6.26 Å². The van der Waals surface area contributed by atoms with Gasteiger partial charge in [-0.2, -0.15) is 0 Å². The highest BCUT2D eigenvalue weighted by Crippen LogP contribution is 2.29. The second-order valence-corrected chi connectivity index (χ2v) is 7.40. The Morgan fingerprint density at radius 3 is 2.53 bits per heavy atom. The van der Waals surface area contributed by atoms with Gasteiger partial charge in [-0.3, -0.25) is 0 Å². The van der Waals surface area contributed by atoms with E-state index in [0.29, 0.717) is 16.4 Å². The van der Waals surface area contributed by atoms with Gasteiger partial charge in [-0.25, -0.2) is 8.42 Å². The number of benzene rings is 1. The molecule has 0 aliphatic carbocycles. The van der Waals surface area contributed by atoms with E-state index in [1.807, 2.05) is 0 Å². The fourth-order valence-electron chi connectivity index (χ4n) is 2.61. The molecule has 2 N–H and O–H groups in total. The van der Waals surface area contributed by atoms with Gasteiger partial charge in [0.15, 0.2) is 9.84 Å². The van der Waals surface area contributed by atoms with Crippen molar-refractivity contribution >= 4 is 9.84 Å². The van der Waals surface area contributed by atoms with Crippen LogP contribution in [0.25, 0.3) is 0 Å². The molecule has 5 heteroatoms. The van der Waals surface area contributed by atoms with Crippen molar-refractivity contribution in [3.63, 3.8) is 0 Å². The van der Waals surface area contributed by atoms with Gasteiger partial charge < -0.3 is 10.4 Å². The van der Waals surface area contributed by atoms with Crippen LogP contribution < -0.4 is 5.32 Å². The van der Waals surface area contributed by atoms with Crippen LogP contribution in [-0.2, 0) is 16.3 Å². The summed E-state index contributed by atoms with van der Waals surface area (Å²) in [7, 11) is -3.25. The van der Waals surface area contributed by atoms with Gasteiger partial charge in [-0.05, 0) is 68.5 Å². The lowest BCUT2D eigenvalue weighted by Crippen LogP contribution is -2.29. The first-order valence-electron chi connectivity index (χ1n) is 6.61. The zero-order chi connectivity index (χ0) is 14.0. The number of piperidine rings is 1. The van der Waals surface area contributed by atoms with Crippen LogP contribution in [0.2, 0.25) is 0 Å². The topological polar surface area (TPSA) is 66.4 Å². The Bertz CT molecular complexity index is 560. The third-order valence-electron chi connectivity index (χ3n) is 3.75. The predicted molar refractivity (Wildman–Crippen MR) is 75.3 cm³/mol. The second-order valence-electron chi connectivity index (χ2n) is 5.42. The summed E-state index contributed by atoms with van der Waals surface area (Å²) in [6.07, 6.45) is 4.05. The maximum absolute atomic E-state index is 11.9. The Balaban J connectivity index is 2.34. The number of nitrogens with one attached hydrogen (secondary N) is 1. The molecule has 0 spiro atoms. The lowest BCUT2D eigenvalue weighted by atomic mass is 9.90. The fraction of sp³-hybridized carbons (Fsp3) is 0.571. The number of sulfone groups is 1. The summed E-state index contributed by atoms with van der Waals surface area (Å²) in [6.45, 7) is 3.69. The number of phenolic OH excluding ortho intramolecular Hbond substituents is 1. The van der Waals surface area contributed by atoms with Crippen molar-refractivity contribution in [2.45, 2.75) is 31.1 Å². The van der Waals surface area contributed by atoms with E-state index in [9.17, 15) is 13.5 Å². The molecule has 19 heavy (non-hydrogen) atoms. The molecule has 4 nitrogen and oxygen atoms in total. The highest BCUT2D eigenvalue weighted by Gasteiger charge is 2.20. The first-order valence-corrected chi connectivity index (χ1v) is 8.50. The molecule has 0 unspecified atom stereocenters. The average Bonchev–Trinajstić information content (AvgIpc) is 2.33. The molecule has 0 aromatic heterocycles. The molecule has 0 radical (unpaired) electrons. The SMILES string of the molecule is Cc1cc(S(C)(=O)=O)c(CC2CCNCC2)cc1O. The van der Waals surface area contributed by atoms with Crippen LogP contribution in [0.4, 0.5) is 0 Å². The molecule has 1 aliphatic heterocycles. The Morgan fingerprint density at radius 1 is 1.32 bits per heavy atom. The third-order valence-corrected chi connectivity index (χ3v) is 4.92. The number of phenols is 1. The van der Waals surface area contributed by atoms with Crippen LogP contribution >= 0.6 is 0 Å². The molecule has 2 rings (SSSR count). The largest absolute Gasteiger partial charge is 0.508 e. The number of hydrogen-bond donors (Lipinski definition) is 2. The summed E-state index contributed by atoms with van der Waals surface area (Å²) in [5.74, 6) is 0.667. The minimum atomic E-state index is -3.25. The van der Waals surface area contributed by atoms with Crippen molar-refractivity contribution in [3.8, 4) is 5.75 Å². The van der Waals surface area contributed by atoms with Gasteiger partial charge in [-0.15, -0.1) is 0 Å². The van der Waals surface area contributed by atoms with Crippen LogP contribution in [0.3, 0.4) is 0 Å². The van der Waals surface area contributed by atoms with E-state index >= 15 is 0 Å². The standard InChI is InChI=1S/C14H21NO3S/c1-10-7-14(19(2,17)18)12(9-13(10)16)8-11-3-5-15-6-4-11/h7,9,11,15-16H,3-6,8H2,1-2H3. The summed E-state index contributed by atoms with van der Waals surface area (Å²) >= 11 is 0. The zero-order valence-electron chi connectivity index (χ0n) is 11.4. The molecule has 1 aromatic rings. The summed E-state index contributed by atoms with van der Waals surface area (Å²) in [5.41, 5.74) is 1.35. The zero-order valence-corrected chi connectivity index (χ0v) is 12.3. The van der Waals surface area contributed by atoms with Crippen LogP contribution in [-0.4, -0.2) is 32.9 Å². The molecule has 1 aromatic carbocycles. The van der Waals surface area contributed by atoms with Gasteiger partial charge in [0.2, 0.25) is 0 Å². The first-order chi connectivity index (χ1) is 8.88. The Labute approximate surface area is 114 Å². The minimum absolute atomic E-state index is 0.177. The summed E-state index contributed by atoms with van der Waals surface area (Å²) < 4.78 is 23.7. The van der Waals surface area contributed by atoms with Crippen molar-refractivity contribution in [2.24, 2.45) is 5.92 Å². The Morgan fingerprint density at radius 2 is 1.95 bits per heavy atom. The lowest BCUT2D eigenvalue weighted by molar-refractivity contribution is 0.370. The normalized spacial score (nSPS) is 17.6. The molecular formula is C14H21NO3S. The molecule has 0 atom stereocenters. The van der Waals surface area contributed by atoms with E-state index in [-0.39, 0.29) is 5.75 Å². The van der Waals surface area contributed by atoms with Crippen LogP contribution in [0.1, 0.15) is 24.0 Å². The molecule has 1 saturated heterocycles. The van der Waals surface area contributed by atoms with E-state index < -0.39 is 9.84 Å². The number of hydrogen-bond acceptors (Lipinski definition) is 4. The van der Waals surface area contributed by atoms with Gasteiger partial charge in [0.05, 0.1) is 4.90 Å². The van der Waals surface area contributed by atoms with Crippen LogP contribution in [0.5, 0.6) is 5.75 Å². The van der Waals surface area contributed by atoms with Gasteiger partial charge in [0, 0.05) is 6.26 Å². The number of aryl methyl sites for hydroxylation is 1. The average molecular weight is 283 g/mol. The first kappa shape index (κ1) is 14.3. The van der Waals surface area contributed by atoms with Gasteiger partial charge in [0.1, 0.15) is 5.75 Å². The van der Waals surface area contributed by atoms with Gasteiger partial charge in [-0.1, -0.05) is 0 Å². The highest BCUT2D eigenvalue weighted by molar-refractivity contribution is 7.90. The fourth-order valence-corrected chi connectivity index (χ4v) is 3.62. The third kappa shape index (κ3) is 3.48. The molecule has 0 saturated carbocycles. The highest BCUT2D eigenvalue weighted by atomic mass is 32.2. The Hall–Kier alpha value is -1.07. The van der Waals surface area contributed by atoms with Crippen molar-refractivity contribution in [2.75, 3.05) is 19.3 Å². The van der Waals surface area contributed by atoms with E-state index in [1.54, 1.807) is 19.1 Å². The van der Waals surface area contributed by atoms with Gasteiger partial charge >= 0.3 is 0 Å². The maximum Gasteiger partial charge on any atom is 0.175 e. The second kappa shape index (κ2) is 5.51. The molecule has 1 heterocycles. The van der Waals surface area contributed by atoms with E-state index in [0.717, 1.165) is 37.9 Å².